The van der Waals surface area contributed by atoms with Crippen LogP contribution in [0.2, 0.25) is 5.02 Å². The number of halogens is 2. The Morgan fingerprint density at radius 3 is 2.24 bits per heavy atom. The van der Waals surface area contributed by atoms with Gasteiger partial charge in [0, 0.05) is 21.7 Å². The van der Waals surface area contributed by atoms with E-state index in [0.717, 1.165) is 14.1 Å². The summed E-state index contributed by atoms with van der Waals surface area (Å²) in [4.78, 5) is 28.0. The zero-order valence-corrected chi connectivity index (χ0v) is 23.5. The molecule has 1 N–H and O–H groups in total. The standard InChI is InChI=1S/C24H31ClIN3O4S/c1-5-22(24(31)27-14-17(2)3)28(15-18-8-6-7-9-21(18)25)23(30)16-29(34(4,32)33)20-12-10-19(26)11-13-20/h6-13,17,22H,5,14-16H2,1-4H3,(H,27,31)/t22-/m1/s1. The lowest BCUT2D eigenvalue weighted by atomic mass is 10.1. The van der Waals surface area contributed by atoms with Gasteiger partial charge in [0.25, 0.3) is 0 Å². The van der Waals surface area contributed by atoms with Gasteiger partial charge in [-0.15, -0.1) is 0 Å². The highest BCUT2D eigenvalue weighted by molar-refractivity contribution is 14.1. The van der Waals surface area contributed by atoms with Gasteiger partial charge in [0.15, 0.2) is 0 Å². The molecule has 0 saturated heterocycles. The van der Waals surface area contributed by atoms with Gasteiger partial charge < -0.3 is 10.2 Å². The Bertz CT molecular complexity index is 1090. The Balaban J connectivity index is 2.42. The minimum absolute atomic E-state index is 0.0798. The molecule has 0 bridgehead atoms. The van der Waals surface area contributed by atoms with Gasteiger partial charge in [-0.1, -0.05) is 50.6 Å². The number of hydrogen-bond donors (Lipinski definition) is 1. The highest BCUT2D eigenvalue weighted by Crippen LogP contribution is 2.23. The van der Waals surface area contributed by atoms with Crippen molar-refractivity contribution in [2.45, 2.75) is 39.8 Å². The molecule has 0 radical (unpaired) electrons. The fourth-order valence-electron chi connectivity index (χ4n) is 3.37. The molecule has 0 saturated carbocycles. The number of carbonyl (C=O) groups is 2. The summed E-state index contributed by atoms with van der Waals surface area (Å²) in [6.45, 7) is 5.91. The molecule has 0 unspecified atom stereocenters. The van der Waals surface area contributed by atoms with Crippen LogP contribution in [0.3, 0.4) is 0 Å². The lowest BCUT2D eigenvalue weighted by molar-refractivity contribution is -0.140. The SMILES string of the molecule is CC[C@H](C(=O)NCC(C)C)N(Cc1ccccc1Cl)C(=O)CN(c1ccc(I)cc1)S(C)(=O)=O. The molecule has 0 aromatic heterocycles. The van der Waals surface area contributed by atoms with Crippen LogP contribution in [0.5, 0.6) is 0 Å². The van der Waals surface area contributed by atoms with Gasteiger partial charge in [-0.3, -0.25) is 13.9 Å². The van der Waals surface area contributed by atoms with E-state index in [1.807, 2.05) is 20.8 Å². The van der Waals surface area contributed by atoms with Crippen LogP contribution in [-0.2, 0) is 26.2 Å². The largest absolute Gasteiger partial charge is 0.354 e. The number of anilines is 1. The van der Waals surface area contributed by atoms with Crippen LogP contribution >= 0.6 is 34.2 Å². The van der Waals surface area contributed by atoms with Crippen molar-refractivity contribution in [1.82, 2.24) is 10.2 Å². The maximum atomic E-state index is 13.6. The molecule has 2 amide bonds. The third kappa shape index (κ3) is 8.13. The molecule has 34 heavy (non-hydrogen) atoms. The van der Waals surface area contributed by atoms with E-state index in [9.17, 15) is 18.0 Å². The van der Waals surface area contributed by atoms with E-state index in [4.69, 9.17) is 11.6 Å². The fraction of sp³-hybridized carbons (Fsp3) is 0.417. The van der Waals surface area contributed by atoms with Crippen molar-refractivity contribution in [1.29, 1.82) is 0 Å². The third-order valence-electron chi connectivity index (χ3n) is 5.16. The van der Waals surface area contributed by atoms with Crippen LogP contribution in [0.1, 0.15) is 32.8 Å². The number of rotatable bonds is 11. The fourth-order valence-corrected chi connectivity index (χ4v) is 4.78. The highest BCUT2D eigenvalue weighted by atomic mass is 127. The summed E-state index contributed by atoms with van der Waals surface area (Å²) < 4.78 is 27.2. The maximum Gasteiger partial charge on any atom is 0.244 e. The van der Waals surface area contributed by atoms with Gasteiger partial charge in [-0.25, -0.2) is 8.42 Å². The Hall–Kier alpha value is -1.85. The van der Waals surface area contributed by atoms with E-state index in [1.165, 1.54) is 4.90 Å². The molecule has 10 heteroatoms. The van der Waals surface area contributed by atoms with Crippen LogP contribution in [0.15, 0.2) is 48.5 Å². The second-order valence-electron chi connectivity index (χ2n) is 8.42. The van der Waals surface area contributed by atoms with Crippen LogP contribution < -0.4 is 9.62 Å². The second-order valence-corrected chi connectivity index (χ2v) is 12.0. The number of sulfonamides is 1. The predicted molar refractivity (Wildman–Crippen MR) is 145 cm³/mol. The van der Waals surface area contributed by atoms with Crippen molar-refractivity contribution in [2.75, 3.05) is 23.7 Å². The van der Waals surface area contributed by atoms with Gasteiger partial charge in [-0.05, 0) is 70.8 Å². The molecule has 0 fully saturated rings. The van der Waals surface area contributed by atoms with Crippen molar-refractivity contribution < 1.29 is 18.0 Å². The van der Waals surface area contributed by atoms with E-state index in [0.29, 0.717) is 29.2 Å². The highest BCUT2D eigenvalue weighted by Gasteiger charge is 2.32. The average Bonchev–Trinajstić information content (AvgIpc) is 2.77. The predicted octanol–water partition coefficient (Wildman–Crippen LogP) is 4.29. The number of nitrogens with one attached hydrogen (secondary N) is 1. The Labute approximate surface area is 221 Å². The zero-order chi connectivity index (χ0) is 25.5. The average molecular weight is 620 g/mol. The zero-order valence-electron chi connectivity index (χ0n) is 19.8. The molecule has 2 rings (SSSR count). The Morgan fingerprint density at radius 2 is 1.71 bits per heavy atom. The maximum absolute atomic E-state index is 13.6. The number of benzene rings is 2. The van der Waals surface area contributed by atoms with E-state index in [1.54, 1.807) is 48.5 Å². The topological polar surface area (TPSA) is 86.8 Å². The van der Waals surface area contributed by atoms with Gasteiger partial charge in [0.1, 0.15) is 12.6 Å². The molecule has 186 valence electrons. The van der Waals surface area contributed by atoms with Gasteiger partial charge in [0.05, 0.1) is 11.9 Å². The van der Waals surface area contributed by atoms with Crippen molar-refractivity contribution in [3.8, 4) is 0 Å². The van der Waals surface area contributed by atoms with Crippen LogP contribution in [0.25, 0.3) is 0 Å². The molecule has 2 aromatic rings. The molecule has 0 spiro atoms. The normalized spacial score (nSPS) is 12.3. The molecule has 0 aliphatic carbocycles. The molecular formula is C24H31ClIN3O4S. The Morgan fingerprint density at radius 1 is 1.09 bits per heavy atom. The van der Waals surface area contributed by atoms with Crippen LogP contribution in [0, 0.1) is 9.49 Å². The molecule has 1 atom stereocenters. The van der Waals surface area contributed by atoms with Crippen molar-refractivity contribution in [3.63, 3.8) is 0 Å². The summed E-state index contributed by atoms with van der Waals surface area (Å²) in [6.07, 6.45) is 1.42. The van der Waals surface area contributed by atoms with Gasteiger partial charge >= 0.3 is 0 Å². The van der Waals surface area contributed by atoms with Crippen molar-refractivity contribution >= 4 is 61.7 Å². The molecular weight excluding hydrogens is 589 g/mol. The first-order valence-electron chi connectivity index (χ1n) is 11.0. The van der Waals surface area contributed by atoms with Crippen LogP contribution in [0.4, 0.5) is 5.69 Å². The lowest BCUT2D eigenvalue weighted by Gasteiger charge is -2.33. The molecule has 0 aliphatic rings. The van der Waals surface area contributed by atoms with Crippen molar-refractivity contribution in [2.24, 2.45) is 5.92 Å². The summed E-state index contributed by atoms with van der Waals surface area (Å²) >= 11 is 8.47. The number of carbonyl (C=O) groups excluding carboxylic acids is 2. The third-order valence-corrected chi connectivity index (χ3v) is 7.39. The monoisotopic (exact) mass is 619 g/mol. The first-order valence-corrected chi connectivity index (χ1v) is 14.3. The summed E-state index contributed by atoms with van der Waals surface area (Å²) in [5, 5.41) is 3.36. The second kappa shape index (κ2) is 12.7. The summed E-state index contributed by atoms with van der Waals surface area (Å²) in [5.41, 5.74) is 1.05. The Kier molecular flexibility index (Phi) is 10.6. The summed E-state index contributed by atoms with van der Waals surface area (Å²) in [5.74, 6) is -0.525. The number of nitrogens with zero attached hydrogens (tertiary/aromatic N) is 2. The summed E-state index contributed by atoms with van der Waals surface area (Å²) in [7, 11) is -3.76. The van der Waals surface area contributed by atoms with Crippen LogP contribution in [-0.4, -0.2) is 50.5 Å². The molecule has 2 aromatic carbocycles. The molecule has 0 heterocycles. The van der Waals surface area contributed by atoms with Gasteiger partial charge in [-0.2, -0.15) is 0 Å². The van der Waals surface area contributed by atoms with Gasteiger partial charge in [0.2, 0.25) is 21.8 Å². The first kappa shape index (κ1) is 28.4. The molecule has 7 nitrogen and oxygen atoms in total. The lowest BCUT2D eigenvalue weighted by Crippen LogP contribution is -2.52. The van der Waals surface area contributed by atoms with E-state index in [2.05, 4.69) is 27.9 Å². The van der Waals surface area contributed by atoms with E-state index in [-0.39, 0.29) is 18.4 Å². The first-order chi connectivity index (χ1) is 15.9. The minimum atomic E-state index is -3.76. The van der Waals surface area contributed by atoms with E-state index >= 15 is 0 Å². The quantitative estimate of drug-likeness (QED) is 0.381. The number of hydrogen-bond acceptors (Lipinski definition) is 4. The number of amides is 2. The van der Waals surface area contributed by atoms with Crippen molar-refractivity contribution in [3.05, 3.63) is 62.7 Å². The van der Waals surface area contributed by atoms with E-state index < -0.39 is 28.5 Å². The molecule has 0 aliphatic heterocycles. The summed E-state index contributed by atoms with van der Waals surface area (Å²) in [6, 6.07) is 13.2. The smallest absolute Gasteiger partial charge is 0.244 e. The minimum Gasteiger partial charge on any atom is -0.354 e.